The quantitative estimate of drug-likeness (QED) is 0.448. The Balaban J connectivity index is 1.92. The van der Waals surface area contributed by atoms with E-state index in [1.165, 1.54) is 5.56 Å². The van der Waals surface area contributed by atoms with Crippen molar-refractivity contribution in [3.63, 3.8) is 0 Å². The summed E-state index contributed by atoms with van der Waals surface area (Å²) in [5.41, 5.74) is 3.42. The average Bonchev–Trinajstić information content (AvgIpc) is 2.39. The van der Waals surface area contributed by atoms with Crippen LogP contribution in [0.15, 0.2) is 24.5 Å². The van der Waals surface area contributed by atoms with Crippen LogP contribution in [0.5, 0.6) is 0 Å². The SMILES string of the molecule is NNC(=O)C1CCCN(Cc2cccnc2)C1. The third-order valence-electron chi connectivity index (χ3n) is 3.15. The van der Waals surface area contributed by atoms with Crippen LogP contribution in [-0.2, 0) is 11.3 Å². The zero-order valence-corrected chi connectivity index (χ0v) is 9.80. The van der Waals surface area contributed by atoms with Crippen molar-refractivity contribution in [2.75, 3.05) is 13.1 Å². The lowest BCUT2D eigenvalue weighted by atomic mass is 9.97. The monoisotopic (exact) mass is 234 g/mol. The molecule has 0 aliphatic carbocycles. The summed E-state index contributed by atoms with van der Waals surface area (Å²) in [5.74, 6) is 5.14. The van der Waals surface area contributed by atoms with Crippen molar-refractivity contribution >= 4 is 5.91 Å². The Kier molecular flexibility index (Phi) is 4.06. The molecule has 1 fully saturated rings. The first-order valence-electron chi connectivity index (χ1n) is 5.91. The molecule has 1 aliphatic heterocycles. The first kappa shape index (κ1) is 12.0. The molecule has 17 heavy (non-hydrogen) atoms. The number of carbonyl (C=O) groups is 1. The van der Waals surface area contributed by atoms with E-state index in [1.807, 2.05) is 12.3 Å². The van der Waals surface area contributed by atoms with Gasteiger partial charge in [-0.05, 0) is 31.0 Å². The van der Waals surface area contributed by atoms with Crippen molar-refractivity contribution in [3.8, 4) is 0 Å². The molecule has 1 saturated heterocycles. The van der Waals surface area contributed by atoms with Crippen molar-refractivity contribution in [2.24, 2.45) is 11.8 Å². The molecule has 2 heterocycles. The molecule has 5 nitrogen and oxygen atoms in total. The molecular weight excluding hydrogens is 216 g/mol. The van der Waals surface area contributed by atoms with E-state index in [2.05, 4.69) is 21.4 Å². The van der Waals surface area contributed by atoms with Gasteiger partial charge in [-0.1, -0.05) is 6.07 Å². The van der Waals surface area contributed by atoms with E-state index in [-0.39, 0.29) is 11.8 Å². The Morgan fingerprint density at radius 2 is 2.53 bits per heavy atom. The van der Waals surface area contributed by atoms with Gasteiger partial charge in [0.15, 0.2) is 0 Å². The van der Waals surface area contributed by atoms with Crippen molar-refractivity contribution < 1.29 is 4.79 Å². The van der Waals surface area contributed by atoms with E-state index >= 15 is 0 Å². The normalized spacial score (nSPS) is 21.1. The van der Waals surface area contributed by atoms with Gasteiger partial charge in [0, 0.05) is 25.5 Å². The number of piperidine rings is 1. The van der Waals surface area contributed by atoms with Crippen LogP contribution in [0.2, 0.25) is 0 Å². The summed E-state index contributed by atoms with van der Waals surface area (Å²) in [7, 11) is 0. The average molecular weight is 234 g/mol. The summed E-state index contributed by atoms with van der Waals surface area (Å²) in [6, 6.07) is 3.99. The lowest BCUT2D eigenvalue weighted by molar-refractivity contribution is -0.126. The Hall–Kier alpha value is -1.46. The lowest BCUT2D eigenvalue weighted by Gasteiger charge is -2.31. The van der Waals surface area contributed by atoms with Crippen LogP contribution in [0.3, 0.4) is 0 Å². The fraction of sp³-hybridized carbons (Fsp3) is 0.500. The molecule has 1 aliphatic rings. The van der Waals surface area contributed by atoms with Crippen LogP contribution >= 0.6 is 0 Å². The molecule has 0 spiro atoms. The number of nitrogens with one attached hydrogen (secondary N) is 1. The third kappa shape index (κ3) is 3.25. The number of likely N-dealkylation sites (tertiary alicyclic amines) is 1. The highest BCUT2D eigenvalue weighted by Gasteiger charge is 2.25. The van der Waals surface area contributed by atoms with Crippen molar-refractivity contribution in [1.82, 2.24) is 15.3 Å². The molecule has 0 aromatic carbocycles. The maximum Gasteiger partial charge on any atom is 0.238 e. The largest absolute Gasteiger partial charge is 0.298 e. The molecule has 1 aromatic heterocycles. The van der Waals surface area contributed by atoms with Crippen LogP contribution in [0.25, 0.3) is 0 Å². The molecule has 5 heteroatoms. The summed E-state index contributed by atoms with van der Waals surface area (Å²) in [6.07, 6.45) is 5.60. The fourth-order valence-corrected chi connectivity index (χ4v) is 2.28. The van der Waals surface area contributed by atoms with Gasteiger partial charge < -0.3 is 0 Å². The smallest absolute Gasteiger partial charge is 0.238 e. The Morgan fingerprint density at radius 3 is 3.24 bits per heavy atom. The number of rotatable bonds is 3. The predicted molar refractivity (Wildman–Crippen MR) is 64.6 cm³/mol. The Labute approximate surface area is 101 Å². The molecule has 92 valence electrons. The molecule has 1 aromatic rings. The van der Waals surface area contributed by atoms with Gasteiger partial charge in [-0.15, -0.1) is 0 Å². The highest BCUT2D eigenvalue weighted by molar-refractivity contribution is 5.78. The Bertz CT molecular complexity index is 368. The first-order chi connectivity index (χ1) is 8.29. The minimum atomic E-state index is -0.0547. The van der Waals surface area contributed by atoms with Gasteiger partial charge in [0.05, 0.1) is 5.92 Å². The third-order valence-corrected chi connectivity index (χ3v) is 3.15. The molecule has 0 radical (unpaired) electrons. The van der Waals surface area contributed by atoms with E-state index in [9.17, 15) is 4.79 Å². The van der Waals surface area contributed by atoms with Gasteiger partial charge in [0.25, 0.3) is 0 Å². The van der Waals surface area contributed by atoms with Gasteiger partial charge in [0.2, 0.25) is 5.91 Å². The highest BCUT2D eigenvalue weighted by atomic mass is 16.2. The van der Waals surface area contributed by atoms with Gasteiger partial charge in [-0.25, -0.2) is 5.84 Å². The zero-order chi connectivity index (χ0) is 12.1. The van der Waals surface area contributed by atoms with E-state index in [0.717, 1.165) is 32.5 Å². The van der Waals surface area contributed by atoms with Gasteiger partial charge in [0.1, 0.15) is 0 Å². The van der Waals surface area contributed by atoms with E-state index in [0.29, 0.717) is 0 Å². The van der Waals surface area contributed by atoms with Gasteiger partial charge >= 0.3 is 0 Å². The lowest BCUT2D eigenvalue weighted by Crippen LogP contribution is -2.44. The van der Waals surface area contributed by atoms with Crippen LogP contribution in [-0.4, -0.2) is 28.9 Å². The minimum absolute atomic E-state index is 0.0189. The summed E-state index contributed by atoms with van der Waals surface area (Å²) in [4.78, 5) is 17.9. The Morgan fingerprint density at radius 1 is 1.65 bits per heavy atom. The number of nitrogens with zero attached hydrogens (tertiary/aromatic N) is 2. The van der Waals surface area contributed by atoms with Crippen molar-refractivity contribution in [2.45, 2.75) is 19.4 Å². The summed E-state index contributed by atoms with van der Waals surface area (Å²) < 4.78 is 0. The first-order valence-corrected chi connectivity index (χ1v) is 5.91. The van der Waals surface area contributed by atoms with Crippen LogP contribution in [0, 0.1) is 5.92 Å². The van der Waals surface area contributed by atoms with E-state index in [1.54, 1.807) is 6.20 Å². The van der Waals surface area contributed by atoms with E-state index < -0.39 is 0 Å². The molecule has 2 rings (SSSR count). The number of nitrogens with two attached hydrogens (primary N) is 1. The van der Waals surface area contributed by atoms with Gasteiger partial charge in [-0.3, -0.25) is 20.1 Å². The number of hydrogen-bond donors (Lipinski definition) is 2. The molecule has 1 unspecified atom stereocenters. The van der Waals surface area contributed by atoms with Gasteiger partial charge in [-0.2, -0.15) is 0 Å². The predicted octanol–water partition coefficient (Wildman–Crippen LogP) is 0.283. The molecule has 0 saturated carbocycles. The second-order valence-corrected chi connectivity index (χ2v) is 4.44. The molecule has 1 amide bonds. The van der Waals surface area contributed by atoms with Crippen LogP contribution in [0.4, 0.5) is 0 Å². The number of hydrogen-bond acceptors (Lipinski definition) is 4. The molecule has 3 N–H and O–H groups in total. The second-order valence-electron chi connectivity index (χ2n) is 4.44. The minimum Gasteiger partial charge on any atom is -0.298 e. The summed E-state index contributed by atoms with van der Waals surface area (Å²) in [6.45, 7) is 2.66. The standard InChI is InChI=1S/C12H18N4O/c13-15-12(17)11-4-2-6-16(9-11)8-10-3-1-5-14-7-10/h1,3,5,7,11H,2,4,6,8-9,13H2,(H,15,17). The van der Waals surface area contributed by atoms with Crippen LogP contribution < -0.4 is 11.3 Å². The number of hydrazine groups is 1. The zero-order valence-electron chi connectivity index (χ0n) is 9.80. The molecule has 0 bridgehead atoms. The maximum absolute atomic E-state index is 11.5. The maximum atomic E-state index is 11.5. The number of carbonyl (C=O) groups excluding carboxylic acids is 1. The number of pyridine rings is 1. The fourth-order valence-electron chi connectivity index (χ4n) is 2.28. The number of amides is 1. The van der Waals surface area contributed by atoms with Crippen molar-refractivity contribution in [1.29, 1.82) is 0 Å². The highest BCUT2D eigenvalue weighted by Crippen LogP contribution is 2.18. The summed E-state index contributed by atoms with van der Waals surface area (Å²) in [5, 5.41) is 0. The molecular formula is C12H18N4O. The van der Waals surface area contributed by atoms with E-state index in [4.69, 9.17) is 5.84 Å². The number of aromatic nitrogens is 1. The summed E-state index contributed by atoms with van der Waals surface area (Å²) >= 11 is 0. The van der Waals surface area contributed by atoms with Crippen LogP contribution in [0.1, 0.15) is 18.4 Å². The second kappa shape index (κ2) is 5.75. The topological polar surface area (TPSA) is 71.2 Å². The molecule has 1 atom stereocenters. The van der Waals surface area contributed by atoms with Crippen molar-refractivity contribution in [3.05, 3.63) is 30.1 Å².